The highest BCUT2D eigenvalue weighted by Crippen LogP contribution is 2.22. The summed E-state index contributed by atoms with van der Waals surface area (Å²) in [6.45, 7) is 3.50. The van der Waals surface area contributed by atoms with Gasteiger partial charge in [-0.1, -0.05) is 25.7 Å². The molecule has 0 radical (unpaired) electrons. The fourth-order valence-corrected chi connectivity index (χ4v) is 2.85. The molecule has 1 N–H and O–H groups in total. The van der Waals surface area contributed by atoms with Crippen LogP contribution in [-0.4, -0.2) is 12.6 Å². The van der Waals surface area contributed by atoms with Crippen molar-refractivity contribution in [3.63, 3.8) is 0 Å². The van der Waals surface area contributed by atoms with Crippen molar-refractivity contribution in [1.29, 1.82) is 0 Å². The summed E-state index contributed by atoms with van der Waals surface area (Å²) in [6.07, 6.45) is 12.6. The zero-order valence-electron chi connectivity index (χ0n) is 11.7. The molecule has 2 rings (SSSR count). The summed E-state index contributed by atoms with van der Waals surface area (Å²) in [4.78, 5) is 0. The van der Waals surface area contributed by atoms with Gasteiger partial charge in [-0.2, -0.15) is 0 Å². The standard InChI is InChI=1S/C16H27NO/c1-14(10-11-16-9-6-12-18-16)17-13-15-7-4-2-3-5-8-15/h6,9,12,14-15,17H,2-5,7-8,10-11,13H2,1H3. The Balaban J connectivity index is 1.60. The van der Waals surface area contributed by atoms with Crippen LogP contribution in [0, 0.1) is 5.92 Å². The lowest BCUT2D eigenvalue weighted by atomic mass is 10.00. The number of furan rings is 1. The van der Waals surface area contributed by atoms with Crippen LogP contribution in [0.2, 0.25) is 0 Å². The fraction of sp³-hybridized carbons (Fsp3) is 0.750. The van der Waals surface area contributed by atoms with Crippen LogP contribution in [0.3, 0.4) is 0 Å². The van der Waals surface area contributed by atoms with Gasteiger partial charge in [0.2, 0.25) is 0 Å². The number of hydrogen-bond acceptors (Lipinski definition) is 2. The highest BCUT2D eigenvalue weighted by Gasteiger charge is 2.13. The summed E-state index contributed by atoms with van der Waals surface area (Å²) in [5, 5.41) is 3.70. The molecule has 0 aromatic carbocycles. The van der Waals surface area contributed by atoms with Crippen molar-refractivity contribution in [3.8, 4) is 0 Å². The highest BCUT2D eigenvalue weighted by molar-refractivity contribution is 4.98. The maximum absolute atomic E-state index is 5.37. The Labute approximate surface area is 111 Å². The van der Waals surface area contributed by atoms with E-state index in [-0.39, 0.29) is 0 Å². The number of aryl methyl sites for hydroxylation is 1. The van der Waals surface area contributed by atoms with Crippen molar-refractivity contribution >= 4 is 0 Å². The molecule has 102 valence electrons. The first-order valence-electron chi connectivity index (χ1n) is 7.60. The molecule has 1 saturated carbocycles. The molecule has 0 spiro atoms. The average molecular weight is 249 g/mol. The van der Waals surface area contributed by atoms with Crippen LogP contribution < -0.4 is 5.32 Å². The Morgan fingerprint density at radius 1 is 1.28 bits per heavy atom. The lowest BCUT2D eigenvalue weighted by Gasteiger charge is -2.19. The van der Waals surface area contributed by atoms with Crippen LogP contribution in [0.25, 0.3) is 0 Å². The number of rotatable bonds is 6. The van der Waals surface area contributed by atoms with Crippen LogP contribution in [-0.2, 0) is 6.42 Å². The monoisotopic (exact) mass is 249 g/mol. The third kappa shape index (κ3) is 4.85. The Hall–Kier alpha value is -0.760. The van der Waals surface area contributed by atoms with E-state index in [4.69, 9.17) is 4.42 Å². The van der Waals surface area contributed by atoms with Crippen molar-refractivity contribution in [2.45, 2.75) is 64.3 Å². The van der Waals surface area contributed by atoms with E-state index >= 15 is 0 Å². The maximum Gasteiger partial charge on any atom is 0.103 e. The molecule has 1 aromatic rings. The van der Waals surface area contributed by atoms with E-state index in [0.717, 1.165) is 18.1 Å². The molecule has 0 bridgehead atoms. The van der Waals surface area contributed by atoms with Gasteiger partial charge in [-0.3, -0.25) is 0 Å². The van der Waals surface area contributed by atoms with Crippen LogP contribution in [0.5, 0.6) is 0 Å². The van der Waals surface area contributed by atoms with Gasteiger partial charge in [0, 0.05) is 12.5 Å². The Morgan fingerprint density at radius 2 is 2.06 bits per heavy atom. The van der Waals surface area contributed by atoms with Gasteiger partial charge < -0.3 is 9.73 Å². The molecule has 2 heteroatoms. The van der Waals surface area contributed by atoms with Gasteiger partial charge in [-0.25, -0.2) is 0 Å². The molecule has 2 nitrogen and oxygen atoms in total. The van der Waals surface area contributed by atoms with E-state index in [9.17, 15) is 0 Å². The first-order valence-corrected chi connectivity index (χ1v) is 7.60. The van der Waals surface area contributed by atoms with Gasteiger partial charge in [0.25, 0.3) is 0 Å². The van der Waals surface area contributed by atoms with E-state index < -0.39 is 0 Å². The molecule has 0 aliphatic heterocycles. The number of hydrogen-bond donors (Lipinski definition) is 1. The fourth-order valence-electron chi connectivity index (χ4n) is 2.85. The topological polar surface area (TPSA) is 25.2 Å². The zero-order chi connectivity index (χ0) is 12.6. The van der Waals surface area contributed by atoms with E-state index in [1.54, 1.807) is 6.26 Å². The lowest BCUT2D eigenvalue weighted by Crippen LogP contribution is -2.31. The Kier molecular flexibility index (Phi) is 5.79. The molecule has 1 aromatic heterocycles. The van der Waals surface area contributed by atoms with Crippen molar-refractivity contribution in [2.75, 3.05) is 6.54 Å². The molecule has 1 atom stereocenters. The van der Waals surface area contributed by atoms with Gasteiger partial charge >= 0.3 is 0 Å². The van der Waals surface area contributed by atoms with Crippen molar-refractivity contribution in [3.05, 3.63) is 24.2 Å². The van der Waals surface area contributed by atoms with Gasteiger partial charge in [0.1, 0.15) is 5.76 Å². The molecule has 0 amide bonds. The predicted octanol–water partition coefficient (Wildman–Crippen LogP) is 4.16. The summed E-state index contributed by atoms with van der Waals surface area (Å²) in [5.41, 5.74) is 0. The normalized spacial score (nSPS) is 19.6. The molecule has 0 saturated heterocycles. The molecule has 1 fully saturated rings. The van der Waals surface area contributed by atoms with Gasteiger partial charge in [0.15, 0.2) is 0 Å². The first kappa shape index (κ1) is 13.7. The molecule has 1 aliphatic rings. The molecular weight excluding hydrogens is 222 g/mol. The van der Waals surface area contributed by atoms with E-state index in [1.165, 1.54) is 51.5 Å². The van der Waals surface area contributed by atoms with Crippen LogP contribution in [0.15, 0.2) is 22.8 Å². The van der Waals surface area contributed by atoms with Crippen LogP contribution in [0.4, 0.5) is 0 Å². The largest absolute Gasteiger partial charge is 0.469 e. The second-order valence-corrected chi connectivity index (χ2v) is 5.78. The third-order valence-electron chi connectivity index (χ3n) is 4.13. The summed E-state index contributed by atoms with van der Waals surface area (Å²) < 4.78 is 5.37. The van der Waals surface area contributed by atoms with Crippen molar-refractivity contribution in [1.82, 2.24) is 5.32 Å². The zero-order valence-corrected chi connectivity index (χ0v) is 11.7. The van der Waals surface area contributed by atoms with Gasteiger partial charge in [-0.15, -0.1) is 0 Å². The second-order valence-electron chi connectivity index (χ2n) is 5.78. The predicted molar refractivity (Wildman–Crippen MR) is 75.7 cm³/mol. The third-order valence-corrected chi connectivity index (χ3v) is 4.13. The van der Waals surface area contributed by atoms with Crippen LogP contribution >= 0.6 is 0 Å². The van der Waals surface area contributed by atoms with Crippen LogP contribution in [0.1, 0.15) is 57.6 Å². The minimum Gasteiger partial charge on any atom is -0.469 e. The molecular formula is C16H27NO. The lowest BCUT2D eigenvalue weighted by molar-refractivity contribution is 0.385. The quantitative estimate of drug-likeness (QED) is 0.766. The van der Waals surface area contributed by atoms with E-state index in [0.29, 0.717) is 6.04 Å². The van der Waals surface area contributed by atoms with Gasteiger partial charge in [0.05, 0.1) is 6.26 Å². The SMILES string of the molecule is CC(CCc1ccco1)NCC1CCCCCC1. The molecule has 1 heterocycles. The van der Waals surface area contributed by atoms with E-state index in [1.807, 2.05) is 6.07 Å². The number of nitrogens with one attached hydrogen (secondary N) is 1. The van der Waals surface area contributed by atoms with Crippen molar-refractivity contribution in [2.24, 2.45) is 5.92 Å². The summed E-state index contributed by atoms with van der Waals surface area (Å²) in [6, 6.07) is 4.63. The van der Waals surface area contributed by atoms with Crippen molar-refractivity contribution < 1.29 is 4.42 Å². The maximum atomic E-state index is 5.37. The molecule has 18 heavy (non-hydrogen) atoms. The second kappa shape index (κ2) is 7.63. The molecule has 1 aliphatic carbocycles. The average Bonchev–Trinajstić information content (AvgIpc) is 2.76. The van der Waals surface area contributed by atoms with E-state index in [2.05, 4.69) is 18.3 Å². The molecule has 1 unspecified atom stereocenters. The first-order chi connectivity index (χ1) is 8.84. The summed E-state index contributed by atoms with van der Waals surface area (Å²) in [5.74, 6) is 2.02. The van der Waals surface area contributed by atoms with Gasteiger partial charge in [-0.05, 0) is 50.8 Å². The Bertz CT molecular complexity index is 299. The smallest absolute Gasteiger partial charge is 0.103 e. The highest BCUT2D eigenvalue weighted by atomic mass is 16.3. The summed E-state index contributed by atoms with van der Waals surface area (Å²) >= 11 is 0. The Morgan fingerprint density at radius 3 is 2.72 bits per heavy atom. The minimum atomic E-state index is 0.596. The minimum absolute atomic E-state index is 0.596. The summed E-state index contributed by atoms with van der Waals surface area (Å²) in [7, 11) is 0.